The molecule has 0 amide bonds. The van der Waals surface area contributed by atoms with Crippen LogP contribution in [-0.2, 0) is 0 Å². The monoisotopic (exact) mass is 246 g/mol. The van der Waals surface area contributed by atoms with E-state index in [1.54, 1.807) is 0 Å². The first-order chi connectivity index (χ1) is 0. The van der Waals surface area contributed by atoms with E-state index in [0.717, 1.165) is 0 Å². The Bertz CT molecular complexity index is 23.1. The maximum Gasteiger partial charge on any atom is 3.00 e. The first-order valence-electron chi connectivity index (χ1n) is 0. The van der Waals surface area contributed by atoms with Gasteiger partial charge in [-0.3, -0.25) is 0 Å². The van der Waals surface area contributed by atoms with Gasteiger partial charge in [0.25, 0.3) is 0 Å². The Morgan fingerprint density at radius 2 is 0.400 bits per heavy atom. The second-order valence-corrected chi connectivity index (χ2v) is 0. The molecular formula is H18AlCl3O6. The Morgan fingerprint density at radius 1 is 0.400 bits per heavy atom. The topological polar surface area (TPSA) is 189 Å². The molecule has 12 N–H and O–H groups in total. The standard InChI is InChI=1S/Al.3ClH.6H2O.3H2/h;3*1H;6*1H2;3*1H/q+3;;;;;;;;;;;;/p-3. The third-order valence-electron chi connectivity index (χ3n) is 0. The van der Waals surface area contributed by atoms with E-state index in [9.17, 15) is 0 Å². The maximum absolute atomic E-state index is 0. The molecule has 0 radical (unpaired) electrons. The van der Waals surface area contributed by atoms with Gasteiger partial charge in [0.2, 0.25) is 0 Å². The van der Waals surface area contributed by atoms with E-state index in [0.29, 0.717) is 0 Å². The molecule has 0 aliphatic heterocycles. The van der Waals surface area contributed by atoms with E-state index in [2.05, 4.69) is 0 Å². The van der Waals surface area contributed by atoms with Gasteiger partial charge < -0.3 is 70.1 Å². The average Bonchev–Trinajstić information content (AvgIpc) is 0. The fourth-order valence-corrected chi connectivity index (χ4v) is 0. The minimum absolute atomic E-state index is 0. The average molecular weight is 247 g/mol. The zero-order valence-corrected chi connectivity index (χ0v) is 8.13. The summed E-state index contributed by atoms with van der Waals surface area (Å²) in [6.45, 7) is 0. The first kappa shape index (κ1) is 853. The fraction of sp³-hybridized carbons (Fsp3) is 0. The van der Waals surface area contributed by atoms with Crippen molar-refractivity contribution in [1.82, 2.24) is 0 Å². The van der Waals surface area contributed by atoms with Crippen LogP contribution < -0.4 is 37.2 Å². The molecule has 0 rings (SSSR count). The van der Waals surface area contributed by atoms with E-state index >= 15 is 0 Å². The maximum atomic E-state index is 0. The quantitative estimate of drug-likeness (QED) is 0.368. The van der Waals surface area contributed by atoms with Crippen LogP contribution in [0.5, 0.6) is 0 Å². The van der Waals surface area contributed by atoms with Gasteiger partial charge in [0.1, 0.15) is 0 Å². The summed E-state index contributed by atoms with van der Waals surface area (Å²) in [6, 6.07) is 0. The van der Waals surface area contributed by atoms with E-state index < -0.39 is 0 Å². The van der Waals surface area contributed by atoms with E-state index in [4.69, 9.17) is 0 Å². The van der Waals surface area contributed by atoms with Crippen molar-refractivity contribution in [2.45, 2.75) is 0 Å². The summed E-state index contributed by atoms with van der Waals surface area (Å²) < 4.78 is 0. The largest absolute Gasteiger partial charge is 3.00 e. The van der Waals surface area contributed by atoms with Crippen molar-refractivity contribution < 1.29 is 74.4 Å². The van der Waals surface area contributed by atoms with Crippen LogP contribution in [0.25, 0.3) is 0 Å². The molecule has 0 aromatic heterocycles. The molecule has 0 atom stereocenters. The molecule has 78 valence electrons. The van der Waals surface area contributed by atoms with Gasteiger partial charge in [-0.1, -0.05) is 0 Å². The second-order valence-electron chi connectivity index (χ2n) is 0. The van der Waals surface area contributed by atoms with Crippen LogP contribution in [0.15, 0.2) is 0 Å². The van der Waals surface area contributed by atoms with E-state index in [-0.39, 0.29) is 91.7 Å². The van der Waals surface area contributed by atoms with Gasteiger partial charge in [-0.05, 0) is 0 Å². The fourth-order valence-electron chi connectivity index (χ4n) is 0. The minimum Gasteiger partial charge on any atom is -1.00 e. The molecule has 0 aliphatic carbocycles. The molecule has 6 nitrogen and oxygen atoms in total. The summed E-state index contributed by atoms with van der Waals surface area (Å²) >= 11 is 0. The van der Waals surface area contributed by atoms with Gasteiger partial charge >= 0.3 is 17.4 Å². The molecule has 0 bridgehead atoms. The Morgan fingerprint density at radius 3 is 0.400 bits per heavy atom. The predicted octanol–water partition coefficient (Wildman–Crippen LogP) is -13.6. The first-order valence-corrected chi connectivity index (χ1v) is 0. The van der Waals surface area contributed by atoms with Crippen LogP contribution in [0.3, 0.4) is 0 Å². The van der Waals surface area contributed by atoms with Crippen LogP contribution in [0.1, 0.15) is 4.28 Å². The van der Waals surface area contributed by atoms with Crippen LogP contribution in [-0.4, -0.2) is 50.2 Å². The SMILES string of the molecule is O.O.O.O.O.O.[Al+3].[Cl-].[Cl-].[Cl-].[HH].[HH].[HH]. The molecule has 0 unspecified atom stereocenters. The smallest absolute Gasteiger partial charge is 1.00 e. The molecular weight excluding hydrogens is 229 g/mol. The Kier molecular flexibility index (Phi) is 53900. The summed E-state index contributed by atoms with van der Waals surface area (Å²) in [4.78, 5) is 0. The number of halogens is 3. The van der Waals surface area contributed by atoms with E-state index in [1.165, 1.54) is 0 Å². The van der Waals surface area contributed by atoms with Crippen molar-refractivity contribution in [1.29, 1.82) is 0 Å². The summed E-state index contributed by atoms with van der Waals surface area (Å²) in [5.41, 5.74) is 0. The predicted molar refractivity (Wildman–Crippen MR) is 33.8 cm³/mol. The molecule has 0 heterocycles. The summed E-state index contributed by atoms with van der Waals surface area (Å²) in [6.07, 6.45) is 0. The molecule has 10 heteroatoms. The van der Waals surface area contributed by atoms with Crippen molar-refractivity contribution in [3.63, 3.8) is 0 Å². The number of rotatable bonds is 0. The van der Waals surface area contributed by atoms with Gasteiger partial charge in [-0.2, -0.15) is 0 Å². The summed E-state index contributed by atoms with van der Waals surface area (Å²) in [5.74, 6) is 0. The minimum atomic E-state index is 0. The molecule has 0 saturated heterocycles. The molecule has 0 aromatic carbocycles. The molecule has 0 spiro atoms. The summed E-state index contributed by atoms with van der Waals surface area (Å²) in [5, 5.41) is 0. The third kappa shape index (κ3) is 452. The Hall–Kier alpha value is 1.16. The Labute approximate surface area is 92.0 Å². The Balaban J connectivity index is 0. The van der Waals surface area contributed by atoms with Crippen LogP contribution in [0.2, 0.25) is 0 Å². The van der Waals surface area contributed by atoms with Crippen molar-refractivity contribution in [3.05, 3.63) is 0 Å². The molecule has 0 saturated carbocycles. The van der Waals surface area contributed by atoms with Crippen LogP contribution in [0, 0.1) is 0 Å². The number of hydrogen-bond acceptors (Lipinski definition) is 0. The van der Waals surface area contributed by atoms with Crippen molar-refractivity contribution in [3.8, 4) is 0 Å². The third-order valence-corrected chi connectivity index (χ3v) is 0. The molecule has 0 aliphatic rings. The van der Waals surface area contributed by atoms with Crippen molar-refractivity contribution in [2.24, 2.45) is 0 Å². The van der Waals surface area contributed by atoms with Gasteiger partial charge in [0.05, 0.1) is 0 Å². The summed E-state index contributed by atoms with van der Waals surface area (Å²) in [7, 11) is 0. The van der Waals surface area contributed by atoms with Gasteiger partial charge in [0.15, 0.2) is 0 Å². The van der Waals surface area contributed by atoms with Gasteiger partial charge in [-0.15, -0.1) is 0 Å². The molecule has 10 heavy (non-hydrogen) atoms. The molecule has 0 fully saturated rings. The van der Waals surface area contributed by atoms with Crippen molar-refractivity contribution in [2.75, 3.05) is 0 Å². The second kappa shape index (κ2) is 631. The zero-order chi connectivity index (χ0) is 0. The van der Waals surface area contributed by atoms with Crippen LogP contribution >= 0.6 is 0 Å². The van der Waals surface area contributed by atoms with Gasteiger partial charge in [-0.25, -0.2) is 0 Å². The number of hydrogen-bond donors (Lipinski definition) is 0. The van der Waals surface area contributed by atoms with Crippen molar-refractivity contribution >= 4 is 17.4 Å². The normalized spacial score (nSPS) is 0. The van der Waals surface area contributed by atoms with E-state index in [1.807, 2.05) is 0 Å². The zero-order valence-electron chi connectivity index (χ0n) is 4.71. The van der Waals surface area contributed by atoms with Crippen LogP contribution in [0.4, 0.5) is 0 Å². The molecule has 0 aromatic rings. The van der Waals surface area contributed by atoms with Gasteiger partial charge in [0, 0.05) is 4.28 Å².